The number of ether oxygens (including phenoxy) is 2. The van der Waals surface area contributed by atoms with Crippen LogP contribution in [-0.4, -0.2) is 68.8 Å². The minimum atomic E-state index is -4.56. The van der Waals surface area contributed by atoms with Crippen molar-refractivity contribution in [2.24, 2.45) is 0 Å². The van der Waals surface area contributed by atoms with Crippen LogP contribution < -0.4 is 14.6 Å². The van der Waals surface area contributed by atoms with Crippen LogP contribution in [0.25, 0.3) is 0 Å². The monoisotopic (exact) mass is 850 g/mol. The molecule has 0 saturated carbocycles. The minimum Gasteiger partial charge on any atom is -0.872 e. The Morgan fingerprint density at radius 2 is 0.965 bits per heavy atom. The van der Waals surface area contributed by atoms with Crippen LogP contribution in [0.15, 0.2) is 94.7 Å². The Morgan fingerprint density at radius 3 is 1.44 bits per heavy atom. The zero-order valence-electron chi connectivity index (χ0n) is 33.5. The van der Waals surface area contributed by atoms with Crippen molar-refractivity contribution < 1.29 is 45.6 Å². The predicted octanol–water partition coefficient (Wildman–Crippen LogP) is 10.9. The van der Waals surface area contributed by atoms with Crippen molar-refractivity contribution >= 4 is 58.0 Å². The fraction of sp³-hybridized carbons (Fsp3) is 0.455. The first kappa shape index (κ1) is 50.3. The van der Waals surface area contributed by atoms with Crippen LogP contribution in [-0.2, 0) is 33.1 Å². The van der Waals surface area contributed by atoms with Crippen LogP contribution in [0.5, 0.6) is 34.5 Å². The molecule has 0 amide bonds. The average Bonchev–Trinajstić information content (AvgIpc) is 3.15. The SMILES string of the molecule is CCCCCCCCCCc1ccc(O)cc1Oc1cccc(S(=O)(=O)O)c1.CCCCCCCCCCc1ccc([O-])cc1Oc1cccc(S(=O)(=O)[O-])c1.[Ca+2]. The van der Waals surface area contributed by atoms with Crippen LogP contribution in [0.4, 0.5) is 0 Å². The third-order valence-corrected chi connectivity index (χ3v) is 11.0. The van der Waals surface area contributed by atoms with Gasteiger partial charge in [0.2, 0.25) is 0 Å². The molecule has 0 aromatic heterocycles. The number of hydrogen-bond donors (Lipinski definition) is 2. The first-order valence-electron chi connectivity index (χ1n) is 19.9. The Balaban J connectivity index is 0.000000387. The second kappa shape index (κ2) is 27.0. The van der Waals surface area contributed by atoms with Gasteiger partial charge >= 0.3 is 37.7 Å². The van der Waals surface area contributed by atoms with Gasteiger partial charge in [-0.3, -0.25) is 4.55 Å². The molecule has 0 saturated heterocycles. The van der Waals surface area contributed by atoms with Gasteiger partial charge in [-0.15, -0.1) is 5.75 Å². The smallest absolute Gasteiger partial charge is 0.872 e. The van der Waals surface area contributed by atoms with Crippen molar-refractivity contribution in [2.45, 2.75) is 139 Å². The molecule has 2 N–H and O–H groups in total. The van der Waals surface area contributed by atoms with E-state index in [1.54, 1.807) is 24.3 Å². The summed E-state index contributed by atoms with van der Waals surface area (Å²) < 4.78 is 76.9. The number of phenols is 1. The van der Waals surface area contributed by atoms with Gasteiger partial charge in [0.25, 0.3) is 10.1 Å². The van der Waals surface area contributed by atoms with E-state index in [2.05, 4.69) is 13.8 Å². The van der Waals surface area contributed by atoms with Crippen LogP contribution >= 0.6 is 0 Å². The van der Waals surface area contributed by atoms with Crippen LogP contribution in [0.2, 0.25) is 0 Å². The Labute approximate surface area is 370 Å². The molecule has 0 spiro atoms. The number of aromatic hydroxyl groups is 1. The van der Waals surface area contributed by atoms with Crippen molar-refractivity contribution in [3.63, 3.8) is 0 Å². The first-order valence-corrected chi connectivity index (χ1v) is 22.8. The number of aryl methyl sites for hydroxylation is 2. The van der Waals surface area contributed by atoms with Gasteiger partial charge in [-0.2, -0.15) is 8.42 Å². The minimum absolute atomic E-state index is 0. The molecular formula is C44H58CaO10S2. The average molecular weight is 851 g/mol. The largest absolute Gasteiger partial charge is 2.00 e. The molecule has 10 nitrogen and oxygen atoms in total. The Kier molecular flexibility index (Phi) is 23.8. The van der Waals surface area contributed by atoms with Crippen LogP contribution in [0.3, 0.4) is 0 Å². The molecule has 0 unspecified atom stereocenters. The number of benzene rings is 4. The number of rotatable bonds is 24. The Bertz CT molecular complexity index is 1840. The summed E-state index contributed by atoms with van der Waals surface area (Å²) in [7, 11) is -8.85. The summed E-state index contributed by atoms with van der Waals surface area (Å²) in [5, 5.41) is 21.5. The van der Waals surface area contributed by atoms with Gasteiger partial charge in [-0.05, 0) is 79.3 Å². The van der Waals surface area contributed by atoms with Gasteiger partial charge in [0.15, 0.2) is 0 Å². The number of unbranched alkanes of at least 4 members (excludes halogenated alkanes) is 14. The number of hydrogen-bond acceptors (Lipinski definition) is 9. The number of phenolic OH excluding ortho intramolecular Hbond substituents is 1. The van der Waals surface area contributed by atoms with E-state index >= 15 is 0 Å². The van der Waals surface area contributed by atoms with Gasteiger partial charge in [0.05, 0.1) is 9.79 Å². The first-order chi connectivity index (χ1) is 26.8. The summed E-state index contributed by atoms with van der Waals surface area (Å²) in [4.78, 5) is -0.581. The standard InChI is InChI=1S/2C22H30O5S.Ca/c2*1-2-3-4-5-6-7-8-9-11-18-14-15-19(23)16-22(18)27-20-12-10-13-21(17-20)28(24,25)26;/h2*10,12-17,23H,2-9,11H2,1H3,(H,24,25,26);/q;;+2/p-2. The van der Waals surface area contributed by atoms with Crippen LogP contribution in [0.1, 0.15) is 128 Å². The van der Waals surface area contributed by atoms with Gasteiger partial charge < -0.3 is 24.2 Å². The molecule has 0 atom stereocenters. The Morgan fingerprint density at radius 1 is 0.544 bits per heavy atom. The molecule has 0 radical (unpaired) electrons. The fourth-order valence-electron chi connectivity index (χ4n) is 6.23. The maximum Gasteiger partial charge on any atom is 2.00 e. The molecule has 0 heterocycles. The molecule has 0 aliphatic carbocycles. The normalized spacial score (nSPS) is 11.3. The predicted molar refractivity (Wildman–Crippen MR) is 223 cm³/mol. The third-order valence-electron chi connectivity index (χ3n) is 9.34. The zero-order valence-corrected chi connectivity index (χ0v) is 37.3. The maximum atomic E-state index is 11.7. The topological polar surface area (TPSA) is 173 Å². The van der Waals surface area contributed by atoms with Crippen molar-refractivity contribution in [3.8, 4) is 34.5 Å². The molecule has 0 bridgehead atoms. The van der Waals surface area contributed by atoms with E-state index in [0.717, 1.165) is 49.7 Å². The van der Waals surface area contributed by atoms with Gasteiger partial charge in [-0.25, -0.2) is 8.42 Å². The van der Waals surface area contributed by atoms with E-state index in [-0.39, 0.29) is 70.5 Å². The fourth-order valence-corrected chi connectivity index (χ4v) is 7.25. The van der Waals surface area contributed by atoms with Crippen molar-refractivity contribution in [3.05, 3.63) is 96.1 Å². The van der Waals surface area contributed by atoms with Crippen LogP contribution in [0, 0.1) is 0 Å². The second-order valence-corrected chi connectivity index (χ2v) is 16.9. The van der Waals surface area contributed by atoms with E-state index in [1.807, 2.05) is 6.07 Å². The molecule has 0 aliphatic rings. The molecule has 57 heavy (non-hydrogen) atoms. The molecule has 0 aliphatic heterocycles. The van der Waals surface area contributed by atoms with E-state index < -0.39 is 20.2 Å². The summed E-state index contributed by atoms with van der Waals surface area (Å²) in [6, 6.07) is 20.7. The van der Waals surface area contributed by atoms with E-state index in [0.29, 0.717) is 11.5 Å². The summed E-state index contributed by atoms with van der Waals surface area (Å²) >= 11 is 0. The molecule has 4 aromatic rings. The van der Waals surface area contributed by atoms with Crippen molar-refractivity contribution in [1.29, 1.82) is 0 Å². The van der Waals surface area contributed by atoms with E-state index in [9.17, 15) is 36.2 Å². The zero-order chi connectivity index (χ0) is 40.8. The third kappa shape index (κ3) is 20.1. The van der Waals surface area contributed by atoms with Gasteiger partial charge in [-0.1, -0.05) is 134 Å². The van der Waals surface area contributed by atoms with Crippen molar-refractivity contribution in [2.75, 3.05) is 0 Å². The molecule has 308 valence electrons. The maximum absolute atomic E-state index is 11.7. The van der Waals surface area contributed by atoms with Crippen molar-refractivity contribution in [1.82, 2.24) is 0 Å². The second-order valence-electron chi connectivity index (χ2n) is 14.1. The summed E-state index contributed by atoms with van der Waals surface area (Å²) in [6.07, 6.45) is 21.1. The molecule has 0 fully saturated rings. The molecule has 4 aromatic carbocycles. The van der Waals surface area contributed by atoms with E-state index in [1.165, 1.54) is 132 Å². The van der Waals surface area contributed by atoms with Gasteiger partial charge in [0, 0.05) is 12.1 Å². The summed E-state index contributed by atoms with van der Waals surface area (Å²) in [6.45, 7) is 4.43. The van der Waals surface area contributed by atoms with Gasteiger partial charge in [0.1, 0.15) is 38.9 Å². The van der Waals surface area contributed by atoms with E-state index in [4.69, 9.17) is 9.47 Å². The quantitative estimate of drug-likeness (QED) is 0.0392. The molecule has 13 heteroatoms. The molecular weight excluding hydrogens is 793 g/mol. The molecule has 4 rings (SSSR count). The Hall–Kier alpha value is -2.84. The summed E-state index contributed by atoms with van der Waals surface area (Å²) in [5.41, 5.74) is 1.86. The summed E-state index contributed by atoms with van der Waals surface area (Å²) in [5.74, 6) is 1.33.